The van der Waals surface area contributed by atoms with Crippen molar-refractivity contribution in [1.29, 1.82) is 0 Å². The van der Waals surface area contributed by atoms with Crippen LogP contribution in [0.2, 0.25) is 0 Å². The number of amides is 2. The molecule has 1 fully saturated rings. The highest BCUT2D eigenvalue weighted by atomic mass is 19.4. The third-order valence-electron chi connectivity index (χ3n) is 5.56. The summed E-state index contributed by atoms with van der Waals surface area (Å²) in [6.45, 7) is 1.47. The zero-order chi connectivity index (χ0) is 26.3. The maximum Gasteiger partial charge on any atom is 0.416 e. The minimum absolute atomic E-state index is 0.0142. The number of carbonyl (C=O) groups excluding carboxylic acids is 1. The molecule has 7 nitrogen and oxygen atoms in total. The fourth-order valence-corrected chi connectivity index (χ4v) is 3.85. The van der Waals surface area contributed by atoms with Crippen LogP contribution in [0.5, 0.6) is 0 Å². The van der Waals surface area contributed by atoms with Crippen LogP contribution in [0.15, 0.2) is 47.6 Å². The van der Waals surface area contributed by atoms with Gasteiger partial charge in [0.15, 0.2) is 6.29 Å². The summed E-state index contributed by atoms with van der Waals surface area (Å²) >= 11 is 0. The monoisotopic (exact) mass is 519 g/mol. The Hall–Kier alpha value is -3.39. The number of guanidine groups is 1. The van der Waals surface area contributed by atoms with Crippen molar-refractivity contribution in [3.63, 3.8) is 0 Å². The summed E-state index contributed by atoms with van der Waals surface area (Å²) in [6.07, 6.45) is -12.6. The van der Waals surface area contributed by atoms with Crippen molar-refractivity contribution in [2.45, 2.75) is 37.7 Å². The van der Waals surface area contributed by atoms with Crippen LogP contribution in [0, 0.1) is 5.82 Å². The molecule has 0 saturated carbocycles. The Labute approximate surface area is 199 Å². The molecular weight excluding hydrogens is 501 g/mol. The Morgan fingerprint density at radius 1 is 1.06 bits per heavy atom. The van der Waals surface area contributed by atoms with Gasteiger partial charge in [-0.3, -0.25) is 5.32 Å². The average Bonchev–Trinajstić information content (AvgIpc) is 3.24. The third kappa shape index (κ3) is 5.54. The fourth-order valence-electron chi connectivity index (χ4n) is 3.85. The number of alkyl halides is 6. The second kappa shape index (κ2) is 9.58. The Morgan fingerprint density at radius 3 is 2.19 bits per heavy atom. The number of nitrogens with zero attached hydrogens (tertiary/aromatic N) is 3. The summed E-state index contributed by atoms with van der Waals surface area (Å²) < 4.78 is 105. The van der Waals surface area contributed by atoms with Crippen LogP contribution in [0.3, 0.4) is 0 Å². The Kier molecular flexibility index (Phi) is 6.84. The average molecular weight is 519 g/mol. The van der Waals surface area contributed by atoms with Gasteiger partial charge in [-0.25, -0.2) is 9.18 Å². The standard InChI is InChI=1S/C22H18F7N4O3/c1-11(13-8-14(21(24,25)26)10-15(9-13)22(27,28)29)36-18-17(12-2-4-16(23)5-3-12)33(6-7-35-18)19-30-20(34)32-31-19/h2-5,8-11,17-18H,6-7H2,1H3,(H,30,31,34)/t11-,17+,18-/m1/s1. The minimum atomic E-state index is -5.02. The molecule has 3 atom stereocenters. The van der Waals surface area contributed by atoms with Gasteiger partial charge in [-0.15, -0.1) is 5.10 Å². The lowest BCUT2D eigenvalue weighted by atomic mass is 10.0. The number of benzene rings is 2. The first-order valence-corrected chi connectivity index (χ1v) is 10.5. The van der Waals surface area contributed by atoms with E-state index in [4.69, 9.17) is 9.47 Å². The second-order valence-corrected chi connectivity index (χ2v) is 8.00. The number of carbonyl (C=O) groups is 1. The van der Waals surface area contributed by atoms with E-state index in [1.165, 1.54) is 24.0 Å². The molecule has 0 bridgehead atoms. The van der Waals surface area contributed by atoms with E-state index in [0.29, 0.717) is 17.7 Å². The van der Waals surface area contributed by atoms with Crippen LogP contribution < -0.4 is 10.7 Å². The Morgan fingerprint density at radius 2 is 1.67 bits per heavy atom. The third-order valence-corrected chi connectivity index (χ3v) is 5.56. The van der Waals surface area contributed by atoms with Crippen LogP contribution in [0.1, 0.15) is 41.3 Å². The normalized spacial score (nSPS) is 21.6. The minimum Gasteiger partial charge on any atom is -0.348 e. The molecule has 0 spiro atoms. The maximum absolute atomic E-state index is 13.5. The lowest BCUT2D eigenvalue weighted by molar-refractivity contribution is -0.219. The van der Waals surface area contributed by atoms with Gasteiger partial charge in [-0.1, -0.05) is 17.6 Å². The first-order valence-electron chi connectivity index (χ1n) is 10.5. The number of urea groups is 1. The maximum atomic E-state index is 13.5. The number of hydrogen-bond acceptors (Lipinski definition) is 5. The predicted molar refractivity (Wildman–Crippen MR) is 110 cm³/mol. The highest BCUT2D eigenvalue weighted by Crippen LogP contribution is 2.39. The zero-order valence-corrected chi connectivity index (χ0v) is 18.4. The molecule has 0 aliphatic carbocycles. The van der Waals surface area contributed by atoms with E-state index in [0.717, 1.165) is 12.1 Å². The fraction of sp³-hybridized carbons (Fsp3) is 0.364. The molecule has 2 aliphatic rings. The molecule has 2 aromatic carbocycles. The van der Waals surface area contributed by atoms with Crippen LogP contribution in [0.25, 0.3) is 0 Å². The van der Waals surface area contributed by atoms with Gasteiger partial charge in [0.05, 0.1) is 23.8 Å². The van der Waals surface area contributed by atoms with E-state index < -0.39 is 53.8 Å². The highest BCUT2D eigenvalue weighted by Gasteiger charge is 2.41. The van der Waals surface area contributed by atoms with E-state index >= 15 is 0 Å². The molecule has 0 aromatic heterocycles. The van der Waals surface area contributed by atoms with Gasteiger partial charge in [-0.2, -0.15) is 26.3 Å². The SMILES string of the molecule is C[C@@H](O[C@H]1OCCN(C2=N[N]C(=O)N2)[C@H]1c1ccc(F)cc1)c1cc(C(F)(F)F)cc(C(F)(F)F)c1. The summed E-state index contributed by atoms with van der Waals surface area (Å²) in [5, 5.41) is 6.18. The number of hydrogen-bond donors (Lipinski definition) is 1. The van der Waals surface area contributed by atoms with Crippen LogP contribution in [0.4, 0.5) is 35.5 Å². The molecule has 1 saturated heterocycles. The molecular formula is C22H18F7N4O3. The number of ether oxygens (including phenoxy) is 2. The van der Waals surface area contributed by atoms with Crippen molar-refractivity contribution in [3.05, 3.63) is 70.5 Å². The summed E-state index contributed by atoms with van der Waals surface area (Å²) in [5.41, 5.74) is 0.470. The smallest absolute Gasteiger partial charge is 0.348 e. The van der Waals surface area contributed by atoms with Crippen molar-refractivity contribution in [2.24, 2.45) is 5.10 Å². The van der Waals surface area contributed by atoms with E-state index in [9.17, 15) is 35.5 Å². The summed E-state index contributed by atoms with van der Waals surface area (Å²) in [7, 11) is 0. The van der Waals surface area contributed by atoms with E-state index in [1.54, 1.807) is 0 Å². The van der Waals surface area contributed by atoms with Gasteiger partial charge in [0.25, 0.3) is 0 Å². The Balaban J connectivity index is 1.68. The van der Waals surface area contributed by atoms with Crippen LogP contribution in [-0.4, -0.2) is 36.3 Å². The van der Waals surface area contributed by atoms with Crippen molar-refractivity contribution in [3.8, 4) is 0 Å². The molecule has 2 amide bonds. The van der Waals surface area contributed by atoms with Gasteiger partial charge >= 0.3 is 18.4 Å². The highest BCUT2D eigenvalue weighted by molar-refractivity contribution is 6.00. The first-order chi connectivity index (χ1) is 16.8. The number of morpholine rings is 1. The van der Waals surface area contributed by atoms with Gasteiger partial charge in [0.1, 0.15) is 11.9 Å². The van der Waals surface area contributed by atoms with E-state index in [-0.39, 0.29) is 30.7 Å². The van der Waals surface area contributed by atoms with Gasteiger partial charge in [0, 0.05) is 6.54 Å². The lowest BCUT2D eigenvalue weighted by Crippen LogP contribution is -2.52. The summed E-state index contributed by atoms with van der Waals surface area (Å²) in [5.74, 6) is -0.504. The first kappa shape index (κ1) is 25.7. The molecule has 2 heterocycles. The molecule has 1 N–H and O–H groups in total. The molecule has 0 unspecified atom stereocenters. The van der Waals surface area contributed by atoms with Crippen molar-refractivity contribution >= 4 is 12.0 Å². The molecule has 2 aliphatic heterocycles. The summed E-state index contributed by atoms with van der Waals surface area (Å²) in [6, 6.07) is 4.68. The molecule has 2 aromatic rings. The molecule has 1 radical (unpaired) electrons. The topological polar surface area (TPSA) is 77.3 Å². The molecule has 193 valence electrons. The van der Waals surface area contributed by atoms with Crippen molar-refractivity contribution < 1.29 is 45.0 Å². The molecule has 4 rings (SSSR count). The number of nitrogens with one attached hydrogen (secondary N) is 1. The van der Waals surface area contributed by atoms with Crippen molar-refractivity contribution in [1.82, 2.24) is 15.6 Å². The van der Waals surface area contributed by atoms with Crippen molar-refractivity contribution in [2.75, 3.05) is 13.2 Å². The second-order valence-electron chi connectivity index (χ2n) is 8.00. The van der Waals surface area contributed by atoms with Gasteiger partial charge in [0.2, 0.25) is 5.96 Å². The van der Waals surface area contributed by atoms with E-state index in [2.05, 4.69) is 15.8 Å². The predicted octanol–water partition coefficient (Wildman–Crippen LogP) is 4.94. The number of halogens is 7. The number of rotatable bonds is 4. The summed E-state index contributed by atoms with van der Waals surface area (Å²) in [4.78, 5) is 13.1. The quantitative estimate of drug-likeness (QED) is 0.581. The van der Waals surface area contributed by atoms with Gasteiger partial charge < -0.3 is 14.4 Å². The van der Waals surface area contributed by atoms with Crippen LogP contribution in [-0.2, 0) is 21.8 Å². The Bertz CT molecular complexity index is 1120. The molecule has 36 heavy (non-hydrogen) atoms. The zero-order valence-electron chi connectivity index (χ0n) is 18.4. The van der Waals surface area contributed by atoms with Crippen LogP contribution >= 0.6 is 0 Å². The van der Waals surface area contributed by atoms with Gasteiger partial charge in [-0.05, 0) is 48.4 Å². The molecule has 14 heteroatoms. The largest absolute Gasteiger partial charge is 0.416 e. The lowest BCUT2D eigenvalue weighted by Gasteiger charge is -2.42. The van der Waals surface area contributed by atoms with E-state index in [1.807, 2.05) is 0 Å².